The Bertz CT molecular complexity index is 1110. The molecule has 0 aliphatic rings. The van der Waals surface area contributed by atoms with Crippen LogP contribution in [0.5, 0.6) is 5.88 Å². The van der Waals surface area contributed by atoms with Crippen LogP contribution in [0.25, 0.3) is 11.0 Å². The van der Waals surface area contributed by atoms with Crippen molar-refractivity contribution in [3.05, 3.63) is 62.2 Å². The van der Waals surface area contributed by atoms with Crippen LogP contribution >= 0.6 is 0 Å². The average molecular weight is 337 g/mol. The number of anilines is 1. The molecule has 0 aliphatic heterocycles. The maximum Gasteiger partial charge on any atom is 0.292 e. The molecule has 0 spiro atoms. The molecule has 1 aromatic carbocycles. The zero-order chi connectivity index (χ0) is 18.0. The van der Waals surface area contributed by atoms with E-state index in [0.29, 0.717) is 23.2 Å². The zero-order valence-corrected chi connectivity index (χ0v) is 13.7. The Morgan fingerprint density at radius 1 is 1.36 bits per heavy atom. The Labute approximate surface area is 142 Å². The van der Waals surface area contributed by atoms with Crippen LogP contribution in [0.3, 0.4) is 0 Å². The summed E-state index contributed by atoms with van der Waals surface area (Å²) >= 11 is 0. The second kappa shape index (κ2) is 6.49. The van der Waals surface area contributed by atoms with E-state index in [9.17, 15) is 14.9 Å². The summed E-state index contributed by atoms with van der Waals surface area (Å²) in [5.74, 6) is 0.118. The number of rotatable bonds is 4. The Hall–Kier alpha value is -3.60. The van der Waals surface area contributed by atoms with Crippen LogP contribution in [0.15, 0.2) is 39.9 Å². The van der Waals surface area contributed by atoms with Crippen LogP contribution < -0.4 is 21.3 Å². The number of para-hydroxylation sites is 2. The van der Waals surface area contributed by atoms with Gasteiger partial charge in [-0.05, 0) is 31.5 Å². The highest BCUT2D eigenvalue weighted by Gasteiger charge is 2.15. The van der Waals surface area contributed by atoms with Gasteiger partial charge in [-0.25, -0.2) is 4.98 Å². The van der Waals surface area contributed by atoms with Gasteiger partial charge in [0.1, 0.15) is 11.6 Å². The molecule has 3 aromatic rings. The lowest BCUT2D eigenvalue weighted by atomic mass is 10.2. The normalized spacial score (nSPS) is 10.4. The van der Waals surface area contributed by atoms with Crippen molar-refractivity contribution in [1.82, 2.24) is 14.6 Å². The molecule has 0 bridgehead atoms. The monoisotopic (exact) mass is 337 g/mol. The fourth-order valence-corrected chi connectivity index (χ4v) is 2.41. The number of fused-ring (bicyclic) bond motifs is 1. The molecule has 0 fully saturated rings. The Morgan fingerprint density at radius 3 is 2.84 bits per heavy atom. The van der Waals surface area contributed by atoms with Crippen LogP contribution in [-0.4, -0.2) is 21.3 Å². The van der Waals surface area contributed by atoms with Crippen molar-refractivity contribution < 1.29 is 4.74 Å². The number of ether oxygens (including phenoxy) is 1. The minimum Gasteiger partial charge on any atom is -0.478 e. The summed E-state index contributed by atoms with van der Waals surface area (Å²) < 4.78 is 6.46. The Balaban J connectivity index is 2.18. The van der Waals surface area contributed by atoms with Gasteiger partial charge in [-0.15, -0.1) is 0 Å². The lowest BCUT2D eigenvalue weighted by Crippen LogP contribution is -2.33. The molecule has 2 heterocycles. The van der Waals surface area contributed by atoms with Gasteiger partial charge in [0, 0.05) is 6.07 Å². The Morgan fingerprint density at radius 2 is 2.12 bits per heavy atom. The molecule has 2 aromatic heterocycles. The van der Waals surface area contributed by atoms with Gasteiger partial charge in [0.2, 0.25) is 11.7 Å². The molecule has 0 radical (unpaired) electrons. The first-order chi connectivity index (χ1) is 12.0. The van der Waals surface area contributed by atoms with Crippen LogP contribution in [0.2, 0.25) is 0 Å². The number of hydrogen-bond donors (Lipinski definition) is 2. The lowest BCUT2D eigenvalue weighted by molar-refractivity contribution is 0.313. The third-order valence-electron chi connectivity index (χ3n) is 3.59. The number of hydrogen-bond acceptors (Lipinski definition) is 6. The fourth-order valence-electron chi connectivity index (χ4n) is 2.41. The highest BCUT2D eigenvalue weighted by molar-refractivity contribution is 5.75. The number of aryl methyl sites for hydroxylation is 1. The minimum absolute atomic E-state index is 0.0341. The smallest absolute Gasteiger partial charge is 0.292 e. The van der Waals surface area contributed by atoms with Gasteiger partial charge in [-0.2, -0.15) is 9.94 Å². The van der Waals surface area contributed by atoms with E-state index in [1.165, 1.54) is 0 Å². The van der Waals surface area contributed by atoms with Crippen molar-refractivity contribution in [3.63, 3.8) is 0 Å². The average Bonchev–Trinajstić information content (AvgIpc) is 2.59. The zero-order valence-electron chi connectivity index (χ0n) is 13.7. The van der Waals surface area contributed by atoms with Gasteiger partial charge >= 0.3 is 0 Å². The molecule has 126 valence electrons. The molecule has 0 saturated heterocycles. The predicted octanol–water partition coefficient (Wildman–Crippen LogP) is 1.54. The van der Waals surface area contributed by atoms with Gasteiger partial charge < -0.3 is 9.72 Å². The van der Waals surface area contributed by atoms with E-state index < -0.39 is 11.1 Å². The number of H-pyrrole nitrogens is 1. The molecular weight excluding hydrogens is 322 g/mol. The topological polar surface area (TPSA) is 113 Å². The van der Waals surface area contributed by atoms with E-state index in [4.69, 9.17) is 4.74 Å². The summed E-state index contributed by atoms with van der Waals surface area (Å²) in [5, 5.41) is 9.19. The summed E-state index contributed by atoms with van der Waals surface area (Å²) in [5.41, 5.74) is 3.16. The number of pyridine rings is 1. The largest absolute Gasteiger partial charge is 0.478 e. The van der Waals surface area contributed by atoms with Gasteiger partial charge in [0.05, 0.1) is 17.6 Å². The number of aromatic nitrogens is 3. The van der Waals surface area contributed by atoms with Crippen molar-refractivity contribution in [1.29, 1.82) is 5.26 Å². The summed E-state index contributed by atoms with van der Waals surface area (Å²) in [6.45, 7) is 3.73. The number of nitriles is 1. The first-order valence-corrected chi connectivity index (χ1v) is 7.60. The number of aromatic amines is 1. The second-order valence-electron chi connectivity index (χ2n) is 5.27. The van der Waals surface area contributed by atoms with Crippen LogP contribution in [-0.2, 0) is 0 Å². The molecule has 2 N–H and O–H groups in total. The van der Waals surface area contributed by atoms with Gasteiger partial charge in [-0.1, -0.05) is 12.1 Å². The van der Waals surface area contributed by atoms with E-state index in [2.05, 4.69) is 15.4 Å². The van der Waals surface area contributed by atoms with Crippen LogP contribution in [0.1, 0.15) is 18.1 Å². The molecule has 0 unspecified atom stereocenters. The van der Waals surface area contributed by atoms with E-state index in [1.54, 1.807) is 44.2 Å². The first kappa shape index (κ1) is 16.3. The maximum atomic E-state index is 12.6. The van der Waals surface area contributed by atoms with Gasteiger partial charge in [0.25, 0.3) is 11.1 Å². The van der Waals surface area contributed by atoms with Crippen molar-refractivity contribution in [2.75, 3.05) is 12.0 Å². The second-order valence-corrected chi connectivity index (χ2v) is 5.27. The molecule has 8 nitrogen and oxygen atoms in total. The van der Waals surface area contributed by atoms with Gasteiger partial charge in [0.15, 0.2) is 0 Å². The van der Waals surface area contributed by atoms with E-state index in [0.717, 1.165) is 4.68 Å². The lowest BCUT2D eigenvalue weighted by Gasteiger charge is -2.15. The number of nitrogens with zero attached hydrogens (tertiary/aromatic N) is 3. The summed E-state index contributed by atoms with van der Waals surface area (Å²) in [6, 6.07) is 10.5. The molecule has 8 heteroatoms. The quantitative estimate of drug-likeness (QED) is 0.746. The molecule has 25 heavy (non-hydrogen) atoms. The van der Waals surface area contributed by atoms with Crippen molar-refractivity contribution in [2.45, 2.75) is 13.8 Å². The van der Waals surface area contributed by atoms with Crippen molar-refractivity contribution >= 4 is 16.9 Å². The van der Waals surface area contributed by atoms with Crippen molar-refractivity contribution in [2.24, 2.45) is 0 Å². The minimum atomic E-state index is -0.611. The van der Waals surface area contributed by atoms with E-state index in [-0.39, 0.29) is 17.3 Å². The molecule has 0 atom stereocenters. The number of benzene rings is 1. The molecule has 0 amide bonds. The summed E-state index contributed by atoms with van der Waals surface area (Å²) in [6.07, 6.45) is 0. The first-order valence-electron chi connectivity index (χ1n) is 7.60. The van der Waals surface area contributed by atoms with E-state index in [1.807, 2.05) is 6.07 Å². The Kier molecular flexibility index (Phi) is 4.22. The van der Waals surface area contributed by atoms with E-state index >= 15 is 0 Å². The standard InChI is InChI=1S/C17H15N5O3/c1-3-25-14-8-10(2)11(9-18)17(24)22(14)21-15-16(23)20-13-7-5-4-6-12(13)19-15/h4-8H,3H2,1-2H3,(H,19,21)(H,20,23). The van der Waals surface area contributed by atoms with Crippen molar-refractivity contribution in [3.8, 4) is 11.9 Å². The molecular formula is C17H15N5O3. The molecule has 0 aliphatic carbocycles. The van der Waals surface area contributed by atoms with Gasteiger partial charge in [-0.3, -0.25) is 15.0 Å². The SMILES string of the molecule is CCOc1cc(C)c(C#N)c(=O)n1Nc1nc2ccccc2[nH]c1=O. The highest BCUT2D eigenvalue weighted by Crippen LogP contribution is 2.15. The molecule has 3 rings (SSSR count). The predicted molar refractivity (Wildman–Crippen MR) is 92.7 cm³/mol. The third-order valence-corrected chi connectivity index (χ3v) is 3.59. The van der Waals surface area contributed by atoms with Crippen LogP contribution in [0, 0.1) is 18.3 Å². The summed E-state index contributed by atoms with van der Waals surface area (Å²) in [4.78, 5) is 31.7. The number of nitrogens with one attached hydrogen (secondary N) is 2. The maximum absolute atomic E-state index is 12.6. The molecule has 0 saturated carbocycles. The third kappa shape index (κ3) is 2.95. The highest BCUT2D eigenvalue weighted by atomic mass is 16.5. The van der Waals surface area contributed by atoms with Crippen LogP contribution in [0.4, 0.5) is 5.82 Å². The summed E-state index contributed by atoms with van der Waals surface area (Å²) in [7, 11) is 0. The fraction of sp³-hybridized carbons (Fsp3) is 0.176.